The Bertz CT molecular complexity index is 422. The van der Waals surface area contributed by atoms with Crippen LogP contribution < -0.4 is 0 Å². The summed E-state index contributed by atoms with van der Waals surface area (Å²) in [6.07, 6.45) is 2.36. The first kappa shape index (κ1) is 15.0. The Morgan fingerprint density at radius 1 is 1.63 bits per heavy atom. The summed E-state index contributed by atoms with van der Waals surface area (Å²) in [6, 6.07) is 0. The summed E-state index contributed by atoms with van der Waals surface area (Å²) in [6.45, 7) is 4.33. The Morgan fingerprint density at radius 2 is 2.37 bits per heavy atom. The molecular weight excluding hydrogens is 310 g/mol. The van der Waals surface area contributed by atoms with E-state index in [1.165, 1.54) is 0 Å². The largest absolute Gasteiger partial charge is 0.386 e. The van der Waals surface area contributed by atoms with Crippen molar-refractivity contribution in [1.29, 1.82) is 0 Å². The van der Waals surface area contributed by atoms with Crippen LogP contribution in [0.5, 0.6) is 0 Å². The van der Waals surface area contributed by atoms with E-state index in [-0.39, 0.29) is 12.0 Å². The van der Waals surface area contributed by atoms with Gasteiger partial charge >= 0.3 is 0 Å². The summed E-state index contributed by atoms with van der Waals surface area (Å²) in [4.78, 5) is 2.10. The topological polar surface area (TPSA) is 50.5 Å². The molecule has 0 radical (unpaired) electrons. The van der Waals surface area contributed by atoms with Gasteiger partial charge in [-0.3, -0.25) is 4.68 Å². The van der Waals surface area contributed by atoms with Gasteiger partial charge in [0.15, 0.2) is 0 Å². The Kier molecular flexibility index (Phi) is 5.00. The highest BCUT2D eigenvalue weighted by atomic mass is 79.9. The lowest BCUT2D eigenvalue weighted by molar-refractivity contribution is 0.0745. The van der Waals surface area contributed by atoms with Gasteiger partial charge in [-0.05, 0) is 43.4 Å². The maximum atomic E-state index is 10.6. The maximum absolute atomic E-state index is 10.6. The summed E-state index contributed by atoms with van der Waals surface area (Å²) in [7, 11) is 4.06. The number of aliphatic hydroxyl groups excluding tert-OH is 1. The monoisotopic (exact) mass is 331 g/mol. The summed E-state index contributed by atoms with van der Waals surface area (Å²) in [5.41, 5.74) is 0.865. The molecule has 3 unspecified atom stereocenters. The van der Waals surface area contributed by atoms with Crippen LogP contribution in [0, 0.1) is 5.92 Å². The molecule has 2 heterocycles. The van der Waals surface area contributed by atoms with Crippen molar-refractivity contribution in [3.63, 3.8) is 0 Å². The number of likely N-dealkylation sites (N-methyl/N-ethyl adjacent to an activating group) is 1. The molecule has 2 rings (SSSR count). The normalized spacial score (nSPS) is 25.2. The maximum Gasteiger partial charge on any atom is 0.102 e. The highest BCUT2D eigenvalue weighted by molar-refractivity contribution is 9.10. The molecule has 19 heavy (non-hydrogen) atoms. The van der Waals surface area contributed by atoms with Crippen molar-refractivity contribution in [3.05, 3.63) is 16.4 Å². The minimum atomic E-state index is -0.524. The van der Waals surface area contributed by atoms with Crippen LogP contribution >= 0.6 is 15.9 Å². The van der Waals surface area contributed by atoms with Crippen molar-refractivity contribution in [2.75, 3.05) is 27.2 Å². The van der Waals surface area contributed by atoms with Crippen molar-refractivity contribution >= 4 is 15.9 Å². The van der Waals surface area contributed by atoms with Gasteiger partial charge in [0, 0.05) is 12.5 Å². The first-order valence-electron chi connectivity index (χ1n) is 6.64. The Morgan fingerprint density at radius 3 is 2.95 bits per heavy atom. The van der Waals surface area contributed by atoms with E-state index in [1.807, 2.05) is 25.7 Å². The van der Waals surface area contributed by atoms with Gasteiger partial charge in [0.05, 0.1) is 35.6 Å². The molecule has 0 spiro atoms. The standard InChI is InChI=1S/C13H22BrN3O2/c1-9-6-10(8-19-9)13(18)12-11(14)7-15-17(12)5-4-16(2)3/h7,9-10,13,18H,4-6,8H2,1-3H3. The molecular formula is C13H22BrN3O2. The fraction of sp³-hybridized carbons (Fsp3) is 0.769. The predicted octanol–water partition coefficient (Wildman–Crippen LogP) is 1.67. The van der Waals surface area contributed by atoms with Crippen molar-refractivity contribution in [1.82, 2.24) is 14.7 Å². The van der Waals surface area contributed by atoms with Crippen molar-refractivity contribution in [2.45, 2.75) is 32.1 Å². The lowest BCUT2D eigenvalue weighted by atomic mass is 9.97. The summed E-state index contributed by atoms with van der Waals surface area (Å²) < 4.78 is 8.31. The first-order valence-corrected chi connectivity index (χ1v) is 7.44. The number of aromatic nitrogens is 2. The zero-order chi connectivity index (χ0) is 14.0. The first-order chi connectivity index (χ1) is 8.99. The van der Waals surface area contributed by atoms with Gasteiger partial charge in [0.25, 0.3) is 0 Å². The molecule has 1 fully saturated rings. The molecule has 108 valence electrons. The van der Waals surface area contributed by atoms with Gasteiger partial charge in [-0.2, -0.15) is 5.10 Å². The van der Waals surface area contributed by atoms with E-state index in [4.69, 9.17) is 4.74 Å². The second-order valence-corrected chi connectivity index (χ2v) is 6.34. The van der Waals surface area contributed by atoms with Crippen LogP contribution in [0.2, 0.25) is 0 Å². The molecule has 1 aromatic rings. The second kappa shape index (κ2) is 6.35. The molecule has 1 aromatic heterocycles. The van der Waals surface area contributed by atoms with E-state index < -0.39 is 6.10 Å². The van der Waals surface area contributed by atoms with E-state index in [0.29, 0.717) is 6.61 Å². The minimum Gasteiger partial charge on any atom is -0.386 e. The van der Waals surface area contributed by atoms with Crippen LogP contribution in [0.4, 0.5) is 0 Å². The molecule has 3 atom stereocenters. The Labute approximate surface area is 122 Å². The number of hydrogen-bond acceptors (Lipinski definition) is 4. The molecule has 5 nitrogen and oxygen atoms in total. The highest BCUT2D eigenvalue weighted by Crippen LogP contribution is 2.34. The Hall–Kier alpha value is -0.430. The average molecular weight is 332 g/mol. The van der Waals surface area contributed by atoms with Gasteiger partial charge in [-0.25, -0.2) is 0 Å². The van der Waals surface area contributed by atoms with E-state index in [1.54, 1.807) is 6.20 Å². The van der Waals surface area contributed by atoms with Crippen LogP contribution in [0.1, 0.15) is 25.1 Å². The number of rotatable bonds is 5. The van der Waals surface area contributed by atoms with Crippen LogP contribution in [-0.4, -0.2) is 53.1 Å². The third kappa shape index (κ3) is 3.56. The lowest BCUT2D eigenvalue weighted by Crippen LogP contribution is -2.23. The summed E-state index contributed by atoms with van der Waals surface area (Å²) in [5, 5.41) is 14.9. The predicted molar refractivity (Wildman–Crippen MR) is 77.0 cm³/mol. The van der Waals surface area contributed by atoms with E-state index in [2.05, 4.69) is 25.9 Å². The number of nitrogens with zero attached hydrogens (tertiary/aromatic N) is 3. The molecule has 1 saturated heterocycles. The zero-order valence-electron chi connectivity index (χ0n) is 11.7. The third-order valence-electron chi connectivity index (χ3n) is 3.55. The molecule has 1 aliphatic heterocycles. The van der Waals surface area contributed by atoms with E-state index in [0.717, 1.165) is 29.7 Å². The average Bonchev–Trinajstić information content (AvgIpc) is 2.92. The molecule has 0 aliphatic carbocycles. The molecule has 6 heteroatoms. The van der Waals surface area contributed by atoms with Gasteiger partial charge in [-0.15, -0.1) is 0 Å². The summed E-state index contributed by atoms with van der Waals surface area (Å²) in [5.74, 6) is 0.154. The molecule has 0 aromatic carbocycles. The quantitative estimate of drug-likeness (QED) is 0.891. The fourth-order valence-electron chi connectivity index (χ4n) is 2.43. The van der Waals surface area contributed by atoms with Crippen molar-refractivity contribution < 1.29 is 9.84 Å². The highest BCUT2D eigenvalue weighted by Gasteiger charge is 2.32. The molecule has 0 amide bonds. The van der Waals surface area contributed by atoms with Gasteiger partial charge in [0.2, 0.25) is 0 Å². The van der Waals surface area contributed by atoms with E-state index in [9.17, 15) is 5.11 Å². The Balaban J connectivity index is 2.11. The molecule has 0 saturated carbocycles. The van der Waals surface area contributed by atoms with Crippen molar-refractivity contribution in [2.24, 2.45) is 5.92 Å². The molecule has 1 aliphatic rings. The van der Waals surface area contributed by atoms with Crippen molar-refractivity contribution in [3.8, 4) is 0 Å². The lowest BCUT2D eigenvalue weighted by Gasteiger charge is -2.20. The van der Waals surface area contributed by atoms with E-state index >= 15 is 0 Å². The van der Waals surface area contributed by atoms with Gasteiger partial charge in [-0.1, -0.05) is 0 Å². The fourth-order valence-corrected chi connectivity index (χ4v) is 2.96. The summed E-state index contributed by atoms with van der Waals surface area (Å²) >= 11 is 3.49. The van der Waals surface area contributed by atoms with Gasteiger partial charge < -0.3 is 14.7 Å². The van der Waals surface area contributed by atoms with Crippen LogP contribution in [0.15, 0.2) is 10.7 Å². The SMILES string of the molecule is CC1CC(C(O)c2c(Br)cnn2CCN(C)C)CO1. The third-order valence-corrected chi connectivity index (χ3v) is 4.16. The second-order valence-electron chi connectivity index (χ2n) is 5.49. The smallest absolute Gasteiger partial charge is 0.102 e. The van der Waals surface area contributed by atoms with Gasteiger partial charge in [0.1, 0.15) is 6.10 Å². The number of hydrogen-bond donors (Lipinski definition) is 1. The number of halogens is 1. The number of aliphatic hydroxyl groups is 1. The molecule has 1 N–H and O–H groups in total. The van der Waals surface area contributed by atoms with Crippen LogP contribution in [-0.2, 0) is 11.3 Å². The van der Waals surface area contributed by atoms with Crippen LogP contribution in [0.3, 0.4) is 0 Å². The minimum absolute atomic E-state index is 0.154. The van der Waals surface area contributed by atoms with Crippen LogP contribution in [0.25, 0.3) is 0 Å². The molecule has 0 bridgehead atoms. The zero-order valence-corrected chi connectivity index (χ0v) is 13.3. The number of ether oxygens (including phenoxy) is 1.